The van der Waals surface area contributed by atoms with Crippen LogP contribution in [0.3, 0.4) is 0 Å². The van der Waals surface area contributed by atoms with Gasteiger partial charge in [-0.25, -0.2) is 0 Å². The SMILES string of the molecule is CN(C[C@@H](O)[C@H](O)[C@H](O)CO)N=O. The Morgan fingerprint density at radius 2 is 1.85 bits per heavy atom. The van der Waals surface area contributed by atoms with Gasteiger partial charge in [0.05, 0.1) is 18.4 Å². The molecule has 0 aromatic heterocycles. The van der Waals surface area contributed by atoms with Crippen molar-refractivity contribution in [1.82, 2.24) is 5.01 Å². The van der Waals surface area contributed by atoms with Gasteiger partial charge in [-0.3, -0.25) is 5.01 Å². The van der Waals surface area contributed by atoms with Crippen molar-refractivity contribution in [3.8, 4) is 0 Å². The van der Waals surface area contributed by atoms with Gasteiger partial charge in [-0.15, -0.1) is 4.91 Å². The summed E-state index contributed by atoms with van der Waals surface area (Å²) >= 11 is 0. The van der Waals surface area contributed by atoms with Crippen molar-refractivity contribution >= 4 is 0 Å². The van der Waals surface area contributed by atoms with Gasteiger partial charge in [0.25, 0.3) is 0 Å². The van der Waals surface area contributed by atoms with Crippen molar-refractivity contribution in [2.45, 2.75) is 18.3 Å². The number of aliphatic hydroxyl groups excluding tert-OH is 4. The first-order valence-corrected chi connectivity index (χ1v) is 3.72. The Kier molecular flexibility index (Phi) is 5.47. The van der Waals surface area contributed by atoms with Crippen LogP contribution in [-0.2, 0) is 0 Å². The van der Waals surface area contributed by atoms with E-state index in [0.29, 0.717) is 0 Å². The fraction of sp³-hybridized carbons (Fsp3) is 1.00. The number of hydrogen-bond acceptors (Lipinski definition) is 6. The molecule has 0 fully saturated rings. The molecule has 0 amide bonds. The summed E-state index contributed by atoms with van der Waals surface area (Å²) in [6.07, 6.45) is -4.24. The molecule has 4 N–H and O–H groups in total. The third-order valence-electron chi connectivity index (χ3n) is 1.57. The van der Waals surface area contributed by atoms with E-state index < -0.39 is 24.9 Å². The van der Waals surface area contributed by atoms with Crippen LogP contribution in [0.5, 0.6) is 0 Å². The maximum absolute atomic E-state index is 9.87. The van der Waals surface area contributed by atoms with Gasteiger partial charge in [0.1, 0.15) is 18.3 Å². The smallest absolute Gasteiger partial charge is 0.110 e. The molecule has 0 aliphatic heterocycles. The third kappa shape index (κ3) is 4.13. The van der Waals surface area contributed by atoms with E-state index in [1.54, 1.807) is 0 Å². The predicted octanol–water partition coefficient (Wildman–Crippen LogP) is -2.33. The molecule has 0 unspecified atom stereocenters. The van der Waals surface area contributed by atoms with E-state index in [4.69, 9.17) is 20.4 Å². The lowest BCUT2D eigenvalue weighted by molar-refractivity contribution is -0.0825. The minimum Gasteiger partial charge on any atom is -0.394 e. The van der Waals surface area contributed by atoms with Crippen LogP contribution in [0.1, 0.15) is 0 Å². The minimum atomic E-state index is -1.49. The lowest BCUT2D eigenvalue weighted by Gasteiger charge is -2.23. The summed E-state index contributed by atoms with van der Waals surface area (Å²) in [5, 5.41) is 38.9. The van der Waals surface area contributed by atoms with Gasteiger partial charge in [-0.05, 0) is 0 Å². The minimum absolute atomic E-state index is 0.207. The molecular weight excluding hydrogens is 180 g/mol. The molecule has 0 spiro atoms. The highest BCUT2D eigenvalue weighted by Gasteiger charge is 2.24. The monoisotopic (exact) mass is 194 g/mol. The number of rotatable bonds is 6. The average molecular weight is 194 g/mol. The Morgan fingerprint density at radius 3 is 2.23 bits per heavy atom. The normalized spacial score (nSPS) is 17.6. The highest BCUT2D eigenvalue weighted by Crippen LogP contribution is 2.01. The fourth-order valence-corrected chi connectivity index (χ4v) is 0.776. The van der Waals surface area contributed by atoms with Crippen molar-refractivity contribution < 1.29 is 20.4 Å². The lowest BCUT2D eigenvalue weighted by Crippen LogP contribution is -2.44. The molecule has 0 saturated carbocycles. The highest BCUT2D eigenvalue weighted by atomic mass is 16.4. The summed E-state index contributed by atoms with van der Waals surface area (Å²) in [6.45, 7) is -0.863. The Labute approximate surface area is 75.2 Å². The first kappa shape index (κ1) is 12.2. The quantitative estimate of drug-likeness (QED) is 0.279. The molecule has 0 rings (SSSR count). The summed E-state index contributed by atoms with van der Waals surface area (Å²) in [4.78, 5) is 9.87. The molecule has 0 aromatic rings. The Bertz CT molecular complexity index is 156. The number of nitrogens with zero attached hydrogens (tertiary/aromatic N) is 2. The van der Waals surface area contributed by atoms with Gasteiger partial charge in [-0.1, -0.05) is 0 Å². The zero-order chi connectivity index (χ0) is 10.4. The number of aliphatic hydroxyl groups is 4. The van der Waals surface area contributed by atoms with Gasteiger partial charge in [0.2, 0.25) is 0 Å². The molecule has 0 aliphatic carbocycles. The molecule has 78 valence electrons. The lowest BCUT2D eigenvalue weighted by atomic mass is 10.1. The molecule has 0 heterocycles. The number of nitroso groups, excluding NO2 is 1. The van der Waals surface area contributed by atoms with E-state index in [1.165, 1.54) is 7.05 Å². The fourth-order valence-electron chi connectivity index (χ4n) is 0.776. The molecule has 0 aromatic carbocycles. The summed E-state index contributed by atoms with van der Waals surface area (Å²) < 4.78 is 0. The van der Waals surface area contributed by atoms with Gasteiger partial charge in [0, 0.05) is 7.05 Å². The molecule has 3 atom stereocenters. The van der Waals surface area contributed by atoms with Crippen LogP contribution in [0.4, 0.5) is 0 Å². The standard InChI is InChI=1S/C6H14N2O5/c1-8(7-13)2-4(10)6(12)5(11)3-9/h4-6,9-12H,2-3H2,1H3/t4-,5-,6+/m1/s1. The predicted molar refractivity (Wildman–Crippen MR) is 43.5 cm³/mol. The van der Waals surface area contributed by atoms with Gasteiger partial charge >= 0.3 is 0 Å². The van der Waals surface area contributed by atoms with Gasteiger partial charge < -0.3 is 20.4 Å². The summed E-state index contributed by atoms with van der Waals surface area (Å²) in [5.74, 6) is 0. The second-order valence-electron chi connectivity index (χ2n) is 2.73. The summed E-state index contributed by atoms with van der Waals surface area (Å²) in [5.41, 5.74) is 0. The number of hydrogen-bond donors (Lipinski definition) is 4. The van der Waals surface area contributed by atoms with Crippen molar-refractivity contribution in [3.63, 3.8) is 0 Å². The van der Waals surface area contributed by atoms with Crippen LogP contribution >= 0.6 is 0 Å². The van der Waals surface area contributed by atoms with Crippen molar-refractivity contribution in [3.05, 3.63) is 4.91 Å². The molecule has 0 radical (unpaired) electrons. The first-order valence-electron chi connectivity index (χ1n) is 3.72. The Morgan fingerprint density at radius 1 is 1.31 bits per heavy atom. The summed E-state index contributed by atoms with van der Waals surface area (Å²) in [6, 6.07) is 0. The topological polar surface area (TPSA) is 114 Å². The Balaban J connectivity index is 3.94. The molecule has 0 aliphatic rings. The third-order valence-corrected chi connectivity index (χ3v) is 1.57. The van der Waals surface area contributed by atoms with E-state index in [2.05, 4.69) is 5.29 Å². The van der Waals surface area contributed by atoms with Crippen LogP contribution in [0.25, 0.3) is 0 Å². The first-order chi connectivity index (χ1) is 6.02. The van der Waals surface area contributed by atoms with E-state index in [9.17, 15) is 4.91 Å². The van der Waals surface area contributed by atoms with Crippen molar-refractivity contribution in [1.29, 1.82) is 0 Å². The van der Waals surface area contributed by atoms with Crippen molar-refractivity contribution in [2.24, 2.45) is 5.29 Å². The molecule has 7 nitrogen and oxygen atoms in total. The number of likely N-dealkylation sites (N-methyl/N-ethyl adjacent to an activating group) is 1. The van der Waals surface area contributed by atoms with Gasteiger partial charge in [0.15, 0.2) is 0 Å². The second kappa shape index (κ2) is 5.81. The summed E-state index contributed by atoms with van der Waals surface area (Å²) in [7, 11) is 1.31. The van der Waals surface area contributed by atoms with Crippen LogP contribution in [0.15, 0.2) is 5.29 Å². The van der Waals surface area contributed by atoms with Crippen LogP contribution in [0.2, 0.25) is 0 Å². The zero-order valence-electron chi connectivity index (χ0n) is 7.24. The molecule has 13 heavy (non-hydrogen) atoms. The largest absolute Gasteiger partial charge is 0.394 e. The Hall–Kier alpha value is -0.760. The molecule has 7 heteroatoms. The van der Waals surface area contributed by atoms with Crippen LogP contribution in [0, 0.1) is 4.91 Å². The van der Waals surface area contributed by atoms with Crippen LogP contribution < -0.4 is 0 Å². The molecular formula is C6H14N2O5. The van der Waals surface area contributed by atoms with E-state index in [1.807, 2.05) is 0 Å². The zero-order valence-corrected chi connectivity index (χ0v) is 7.24. The van der Waals surface area contributed by atoms with Crippen LogP contribution in [-0.4, -0.2) is 63.9 Å². The van der Waals surface area contributed by atoms with E-state index in [-0.39, 0.29) is 6.54 Å². The highest BCUT2D eigenvalue weighted by molar-refractivity contribution is 4.75. The maximum atomic E-state index is 9.87. The van der Waals surface area contributed by atoms with Gasteiger partial charge in [-0.2, -0.15) is 0 Å². The molecule has 0 bridgehead atoms. The second-order valence-corrected chi connectivity index (χ2v) is 2.73. The van der Waals surface area contributed by atoms with Crippen molar-refractivity contribution in [2.75, 3.05) is 20.2 Å². The maximum Gasteiger partial charge on any atom is 0.110 e. The van der Waals surface area contributed by atoms with E-state index >= 15 is 0 Å². The molecule has 0 saturated heterocycles. The van der Waals surface area contributed by atoms with E-state index in [0.717, 1.165) is 5.01 Å². The average Bonchev–Trinajstić information content (AvgIpc) is 2.14.